The molecule has 1 aliphatic carbocycles. The zero-order chi connectivity index (χ0) is 20.4. The highest BCUT2D eigenvalue weighted by molar-refractivity contribution is 5.88. The van der Waals surface area contributed by atoms with Gasteiger partial charge in [0.15, 0.2) is 0 Å². The van der Waals surface area contributed by atoms with Gasteiger partial charge in [-0.05, 0) is 38.0 Å². The van der Waals surface area contributed by atoms with Crippen LogP contribution in [0.3, 0.4) is 0 Å². The fraction of sp³-hybridized carbons (Fsp3) is 0.750. The number of ketones is 2. The molecule has 5 nitrogen and oxygen atoms in total. The van der Waals surface area contributed by atoms with E-state index in [9.17, 15) is 28.3 Å². The van der Waals surface area contributed by atoms with Crippen LogP contribution in [-0.4, -0.2) is 39.8 Å². The molecule has 3 atom stereocenters. The smallest absolute Gasteiger partial charge is 0.305 e. The summed E-state index contributed by atoms with van der Waals surface area (Å²) in [4.78, 5) is 34.4. The minimum absolute atomic E-state index is 0.0113. The number of carboxylic acids is 1. The fourth-order valence-corrected chi connectivity index (χ4v) is 3.46. The van der Waals surface area contributed by atoms with Gasteiger partial charge in [0.2, 0.25) is 5.78 Å². The number of aliphatic hydroxyl groups excluding tert-OH is 1. The largest absolute Gasteiger partial charge is 0.481 e. The molecule has 0 saturated heterocycles. The number of aliphatic hydroxyl groups is 1. The number of carboxylic acid groups (broad SMARTS) is 1. The Morgan fingerprint density at radius 3 is 2.56 bits per heavy atom. The molecule has 1 saturated carbocycles. The first-order valence-electron chi connectivity index (χ1n) is 9.67. The summed E-state index contributed by atoms with van der Waals surface area (Å²) >= 11 is 0. The van der Waals surface area contributed by atoms with Crippen molar-refractivity contribution in [3.05, 3.63) is 12.2 Å². The summed E-state index contributed by atoms with van der Waals surface area (Å²) in [6.07, 6.45) is 4.38. The Balaban J connectivity index is 2.53. The molecule has 0 aromatic rings. The molecule has 2 N–H and O–H groups in total. The first kappa shape index (κ1) is 23.4. The average Bonchev–Trinajstić information content (AvgIpc) is 2.86. The van der Waals surface area contributed by atoms with Gasteiger partial charge in [-0.15, -0.1) is 0 Å². The lowest BCUT2D eigenvalue weighted by Crippen LogP contribution is -2.30. The number of alkyl halides is 2. The fourth-order valence-electron chi connectivity index (χ4n) is 3.46. The van der Waals surface area contributed by atoms with Crippen LogP contribution < -0.4 is 0 Å². The van der Waals surface area contributed by atoms with Gasteiger partial charge in [0.1, 0.15) is 5.78 Å². The van der Waals surface area contributed by atoms with Crippen molar-refractivity contribution in [2.45, 2.75) is 83.2 Å². The van der Waals surface area contributed by atoms with E-state index in [2.05, 4.69) is 0 Å². The second-order valence-electron chi connectivity index (χ2n) is 7.27. The lowest BCUT2D eigenvalue weighted by Gasteiger charge is -2.20. The Morgan fingerprint density at radius 1 is 1.22 bits per heavy atom. The van der Waals surface area contributed by atoms with Crippen LogP contribution in [0.1, 0.15) is 71.1 Å². The van der Waals surface area contributed by atoms with Crippen molar-refractivity contribution in [2.75, 3.05) is 0 Å². The molecule has 154 valence electrons. The Kier molecular flexibility index (Phi) is 9.77. The van der Waals surface area contributed by atoms with Crippen molar-refractivity contribution >= 4 is 17.5 Å². The van der Waals surface area contributed by atoms with Gasteiger partial charge in [-0.1, -0.05) is 25.5 Å². The Labute approximate surface area is 158 Å². The van der Waals surface area contributed by atoms with Gasteiger partial charge in [-0.25, -0.2) is 0 Å². The number of hydrogen-bond donors (Lipinski definition) is 2. The molecule has 0 bridgehead atoms. The normalized spacial score (nSPS) is 23.3. The number of carbonyl (C=O) groups is 3. The highest BCUT2D eigenvalue weighted by Crippen LogP contribution is 2.36. The summed E-state index contributed by atoms with van der Waals surface area (Å²) in [5.74, 6) is -6.50. The molecule has 27 heavy (non-hydrogen) atoms. The molecule has 0 heterocycles. The number of hydrogen-bond acceptors (Lipinski definition) is 4. The third kappa shape index (κ3) is 7.87. The van der Waals surface area contributed by atoms with Gasteiger partial charge in [0.25, 0.3) is 0 Å². The predicted octanol–water partition coefficient (Wildman–Crippen LogP) is 3.93. The van der Waals surface area contributed by atoms with E-state index in [-0.39, 0.29) is 43.8 Å². The van der Waals surface area contributed by atoms with Crippen LogP contribution in [0.2, 0.25) is 0 Å². The third-order valence-corrected chi connectivity index (χ3v) is 5.11. The summed E-state index contributed by atoms with van der Waals surface area (Å²) in [6.45, 7) is 1.78. The second-order valence-corrected chi connectivity index (χ2v) is 7.27. The maximum absolute atomic E-state index is 13.8. The lowest BCUT2D eigenvalue weighted by atomic mass is 9.86. The molecule has 0 amide bonds. The third-order valence-electron chi connectivity index (χ3n) is 5.11. The van der Waals surface area contributed by atoms with E-state index in [4.69, 9.17) is 5.11 Å². The standard InChI is InChI=1S/C20H30F2O5/c1-2-3-12-20(21,22)18(25)11-10-15-14(16(23)13-17(15)24)8-6-4-5-7-9-19(26)27/h4,6,14-16,23H,2-3,5,7-13H2,1H3,(H,26,27)/b6-4-/t14-,15-,16+/m1/s1. The van der Waals surface area contributed by atoms with Gasteiger partial charge < -0.3 is 10.2 Å². The molecule has 1 fully saturated rings. The van der Waals surface area contributed by atoms with Crippen LogP contribution in [0.5, 0.6) is 0 Å². The van der Waals surface area contributed by atoms with Crippen LogP contribution in [0.4, 0.5) is 8.78 Å². The number of aliphatic carboxylic acids is 1. The van der Waals surface area contributed by atoms with Gasteiger partial charge in [0, 0.05) is 31.6 Å². The molecular weight excluding hydrogens is 358 g/mol. The highest BCUT2D eigenvalue weighted by atomic mass is 19.3. The topological polar surface area (TPSA) is 91.7 Å². The van der Waals surface area contributed by atoms with Crippen molar-refractivity contribution in [1.82, 2.24) is 0 Å². The van der Waals surface area contributed by atoms with Crippen LogP contribution in [0, 0.1) is 11.8 Å². The molecule has 0 spiro atoms. The molecule has 0 aromatic heterocycles. The maximum atomic E-state index is 13.8. The quantitative estimate of drug-likeness (QED) is 0.368. The monoisotopic (exact) mass is 388 g/mol. The molecule has 1 rings (SSSR count). The van der Waals surface area contributed by atoms with Crippen LogP contribution >= 0.6 is 0 Å². The highest BCUT2D eigenvalue weighted by Gasteiger charge is 2.43. The lowest BCUT2D eigenvalue weighted by molar-refractivity contribution is -0.144. The van der Waals surface area contributed by atoms with E-state index in [1.165, 1.54) is 0 Å². The van der Waals surface area contributed by atoms with E-state index < -0.39 is 36.1 Å². The summed E-state index contributed by atoms with van der Waals surface area (Å²) < 4.78 is 27.6. The number of allylic oxidation sites excluding steroid dienone is 2. The number of unbranched alkanes of at least 4 members (excludes halogenated alkanes) is 2. The van der Waals surface area contributed by atoms with E-state index in [0.29, 0.717) is 25.7 Å². The molecule has 0 aromatic carbocycles. The molecular formula is C20H30F2O5. The number of carbonyl (C=O) groups excluding carboxylic acids is 2. The van der Waals surface area contributed by atoms with Crippen molar-refractivity contribution in [3.63, 3.8) is 0 Å². The van der Waals surface area contributed by atoms with Crippen LogP contribution in [0.25, 0.3) is 0 Å². The van der Waals surface area contributed by atoms with E-state index in [1.807, 2.05) is 0 Å². The molecule has 7 heteroatoms. The van der Waals surface area contributed by atoms with Gasteiger partial charge in [-0.3, -0.25) is 14.4 Å². The van der Waals surface area contributed by atoms with Gasteiger partial charge in [-0.2, -0.15) is 8.78 Å². The predicted molar refractivity (Wildman–Crippen MR) is 96.6 cm³/mol. The van der Waals surface area contributed by atoms with Crippen molar-refractivity contribution in [3.8, 4) is 0 Å². The number of Topliss-reactive ketones (excluding diaryl/α,β-unsaturated/α-hetero) is 2. The molecule has 0 radical (unpaired) electrons. The minimum atomic E-state index is -3.35. The number of rotatable bonds is 13. The zero-order valence-corrected chi connectivity index (χ0v) is 15.8. The van der Waals surface area contributed by atoms with Crippen molar-refractivity contribution in [2.24, 2.45) is 11.8 Å². The summed E-state index contributed by atoms with van der Waals surface area (Å²) in [6, 6.07) is 0. The maximum Gasteiger partial charge on any atom is 0.305 e. The molecule has 1 aliphatic rings. The van der Waals surface area contributed by atoms with Crippen molar-refractivity contribution < 1.29 is 33.4 Å². The zero-order valence-electron chi connectivity index (χ0n) is 15.8. The van der Waals surface area contributed by atoms with E-state index in [1.54, 1.807) is 19.1 Å². The SMILES string of the molecule is CCCCC(F)(F)C(=O)CC[C@H]1C(=O)C[C@H](O)[C@@H]1C/C=C\CCCC(=O)O. The first-order valence-corrected chi connectivity index (χ1v) is 9.67. The van der Waals surface area contributed by atoms with E-state index in [0.717, 1.165) is 0 Å². The summed E-state index contributed by atoms with van der Waals surface area (Å²) in [7, 11) is 0. The average molecular weight is 388 g/mol. The summed E-state index contributed by atoms with van der Waals surface area (Å²) in [5.41, 5.74) is 0. The Bertz CT molecular complexity index is 544. The summed E-state index contributed by atoms with van der Waals surface area (Å²) in [5, 5.41) is 18.7. The van der Waals surface area contributed by atoms with E-state index >= 15 is 0 Å². The van der Waals surface area contributed by atoms with Gasteiger partial charge in [0.05, 0.1) is 6.10 Å². The number of halogens is 2. The minimum Gasteiger partial charge on any atom is -0.481 e. The first-order chi connectivity index (χ1) is 12.7. The van der Waals surface area contributed by atoms with Gasteiger partial charge >= 0.3 is 11.9 Å². The second kappa shape index (κ2) is 11.3. The Morgan fingerprint density at radius 2 is 1.93 bits per heavy atom. The molecule has 0 unspecified atom stereocenters. The Hall–Kier alpha value is -1.63. The van der Waals surface area contributed by atoms with Crippen molar-refractivity contribution in [1.29, 1.82) is 0 Å². The molecule has 0 aliphatic heterocycles. The van der Waals surface area contributed by atoms with Crippen LogP contribution in [-0.2, 0) is 14.4 Å². The van der Waals surface area contributed by atoms with Crippen LogP contribution in [0.15, 0.2) is 12.2 Å².